The first-order chi connectivity index (χ1) is 19.8. The fourth-order valence-corrected chi connectivity index (χ4v) is 7.87. The zero-order valence-electron chi connectivity index (χ0n) is 24.0. The van der Waals surface area contributed by atoms with Crippen LogP contribution >= 0.6 is 0 Å². The number of hydrogen-bond acceptors (Lipinski definition) is 5. The fraction of sp³-hybridized carbons (Fsp3) is 0.581. The van der Waals surface area contributed by atoms with Crippen LogP contribution in [0.4, 0.5) is 20.3 Å². The van der Waals surface area contributed by atoms with Crippen LogP contribution in [0.25, 0.3) is 11.1 Å². The first kappa shape index (κ1) is 26.6. The largest absolute Gasteiger partial charge is 0.338 e. The van der Waals surface area contributed by atoms with Crippen molar-refractivity contribution >= 4 is 17.4 Å². The predicted octanol–water partition coefficient (Wildman–Crippen LogP) is 4.99. The molecule has 2 aromatic heterocycles. The Hall–Kier alpha value is -3.27. The molecule has 1 N–H and O–H groups in total. The Morgan fingerprint density at radius 1 is 1.17 bits per heavy atom. The van der Waals surface area contributed by atoms with Gasteiger partial charge in [-0.15, -0.1) is 0 Å². The quantitative estimate of drug-likeness (QED) is 0.474. The zero-order valence-corrected chi connectivity index (χ0v) is 24.0. The summed E-state index contributed by atoms with van der Waals surface area (Å²) in [7, 11) is 1.80. The number of halogens is 2. The van der Waals surface area contributed by atoms with Crippen molar-refractivity contribution in [1.82, 2.24) is 29.8 Å². The van der Waals surface area contributed by atoms with Gasteiger partial charge in [-0.05, 0) is 86.2 Å². The predicted molar refractivity (Wildman–Crippen MR) is 153 cm³/mol. The molecule has 0 unspecified atom stereocenters. The van der Waals surface area contributed by atoms with Crippen LogP contribution < -0.4 is 10.2 Å². The number of fused-ring (bicyclic) bond motifs is 2. The van der Waals surface area contributed by atoms with Crippen molar-refractivity contribution in [3.05, 3.63) is 46.9 Å². The highest BCUT2D eigenvalue weighted by molar-refractivity contribution is 5.78. The number of nitrogens with one attached hydrogen (secondary N) is 1. The van der Waals surface area contributed by atoms with E-state index in [2.05, 4.69) is 20.0 Å². The SMILES string of the molecule is CC(=O)N1CCc2c(c(N3CCCc4cc(-c5cnn(C)c5)c(C(F)F)cc43)nn2CC2CC3(CCNCC3)C2)C1. The normalized spacial score (nSPS) is 20.3. The van der Waals surface area contributed by atoms with Gasteiger partial charge in [0.25, 0.3) is 6.43 Å². The summed E-state index contributed by atoms with van der Waals surface area (Å²) in [5.41, 5.74) is 5.90. The summed E-state index contributed by atoms with van der Waals surface area (Å²) >= 11 is 0. The highest BCUT2D eigenvalue weighted by Gasteiger charge is 2.45. The molecule has 1 aromatic carbocycles. The molecule has 8 nitrogen and oxygen atoms in total. The van der Waals surface area contributed by atoms with Gasteiger partial charge in [-0.2, -0.15) is 10.2 Å². The number of alkyl halides is 2. The molecule has 0 atom stereocenters. The fourth-order valence-electron chi connectivity index (χ4n) is 7.87. The minimum Gasteiger partial charge on any atom is -0.338 e. The molecule has 1 saturated heterocycles. The minimum absolute atomic E-state index is 0.0176. The standard InChI is InChI=1S/C31H39F2N7O/c1-20(41)38-11-5-27-26(19-38)30(36-40(27)17-21-14-31(15-21)6-8-34-9-7-31)39-10-3-4-22-12-24(23-16-35-37(2)18-23)25(29(32)33)13-28(22)39/h12-13,16,18,21,29,34H,3-11,14-15,17,19H2,1-2H3. The van der Waals surface area contributed by atoms with Crippen LogP contribution in [0.15, 0.2) is 24.5 Å². The Morgan fingerprint density at radius 3 is 2.68 bits per heavy atom. The number of amides is 1. The van der Waals surface area contributed by atoms with Gasteiger partial charge in [0.1, 0.15) is 0 Å². The summed E-state index contributed by atoms with van der Waals surface area (Å²) in [6, 6.07) is 3.60. The number of carbonyl (C=O) groups excluding carboxylic acids is 1. The Morgan fingerprint density at radius 2 is 1.98 bits per heavy atom. The summed E-state index contributed by atoms with van der Waals surface area (Å²) in [4.78, 5) is 16.4. The average molecular weight is 564 g/mol. The van der Waals surface area contributed by atoms with E-state index < -0.39 is 6.43 Å². The molecule has 1 spiro atoms. The molecule has 4 aliphatic rings. The second-order valence-electron chi connectivity index (χ2n) is 12.7. The first-order valence-corrected chi connectivity index (χ1v) is 15.1. The molecule has 3 aliphatic heterocycles. The van der Waals surface area contributed by atoms with Gasteiger partial charge in [0, 0.05) is 74.3 Å². The number of carbonyl (C=O) groups is 1. The number of rotatable bonds is 5. The Labute approximate surface area is 239 Å². The van der Waals surface area contributed by atoms with Gasteiger partial charge in [0.15, 0.2) is 5.82 Å². The first-order valence-electron chi connectivity index (χ1n) is 15.1. The summed E-state index contributed by atoms with van der Waals surface area (Å²) in [6.07, 6.45) is 8.35. The van der Waals surface area contributed by atoms with Crippen molar-refractivity contribution in [3.63, 3.8) is 0 Å². The van der Waals surface area contributed by atoms with Gasteiger partial charge in [-0.3, -0.25) is 14.2 Å². The van der Waals surface area contributed by atoms with Crippen LogP contribution in [-0.4, -0.2) is 56.5 Å². The van der Waals surface area contributed by atoms with Crippen molar-refractivity contribution in [2.24, 2.45) is 18.4 Å². The van der Waals surface area contributed by atoms with E-state index in [4.69, 9.17) is 5.10 Å². The lowest BCUT2D eigenvalue weighted by molar-refractivity contribution is -0.129. The molecule has 1 saturated carbocycles. The molecule has 1 amide bonds. The van der Waals surface area contributed by atoms with Gasteiger partial charge < -0.3 is 15.1 Å². The third-order valence-corrected chi connectivity index (χ3v) is 9.97. The maximum atomic E-state index is 14.5. The van der Waals surface area contributed by atoms with Crippen LogP contribution in [-0.2, 0) is 37.8 Å². The van der Waals surface area contributed by atoms with E-state index in [1.54, 1.807) is 37.1 Å². The summed E-state index contributed by atoms with van der Waals surface area (Å²) < 4.78 is 32.8. The molecule has 2 fully saturated rings. The third kappa shape index (κ3) is 4.73. The van der Waals surface area contributed by atoms with Crippen molar-refractivity contribution in [2.45, 2.75) is 71.4 Å². The summed E-state index contributed by atoms with van der Waals surface area (Å²) in [5.74, 6) is 1.50. The molecule has 1 aliphatic carbocycles. The summed E-state index contributed by atoms with van der Waals surface area (Å²) in [6.45, 7) is 6.66. The second kappa shape index (κ2) is 10.2. The van der Waals surface area contributed by atoms with Crippen LogP contribution in [0.1, 0.15) is 67.8 Å². The number of aryl methyl sites for hydroxylation is 2. The van der Waals surface area contributed by atoms with E-state index >= 15 is 0 Å². The topological polar surface area (TPSA) is 71.2 Å². The molecular formula is C31H39F2N7O. The van der Waals surface area contributed by atoms with Gasteiger partial charge in [0.05, 0.1) is 12.7 Å². The van der Waals surface area contributed by atoms with Crippen molar-refractivity contribution in [3.8, 4) is 11.1 Å². The van der Waals surface area contributed by atoms with E-state index in [0.717, 1.165) is 61.5 Å². The van der Waals surface area contributed by atoms with E-state index in [1.807, 2.05) is 11.0 Å². The molecule has 0 radical (unpaired) electrons. The molecule has 218 valence electrons. The van der Waals surface area contributed by atoms with Crippen molar-refractivity contribution < 1.29 is 13.6 Å². The number of aromatic nitrogens is 4. The molecular weight excluding hydrogens is 524 g/mol. The molecule has 0 bridgehead atoms. The van der Waals surface area contributed by atoms with Crippen LogP contribution in [0.5, 0.6) is 0 Å². The van der Waals surface area contributed by atoms with E-state index in [-0.39, 0.29) is 11.5 Å². The summed E-state index contributed by atoms with van der Waals surface area (Å²) in [5, 5.41) is 12.9. The van der Waals surface area contributed by atoms with E-state index in [9.17, 15) is 13.6 Å². The zero-order chi connectivity index (χ0) is 28.3. The van der Waals surface area contributed by atoms with Gasteiger partial charge in [0.2, 0.25) is 5.91 Å². The van der Waals surface area contributed by atoms with Crippen LogP contribution in [0, 0.1) is 11.3 Å². The van der Waals surface area contributed by atoms with Crippen molar-refractivity contribution in [1.29, 1.82) is 0 Å². The molecule has 3 aromatic rings. The third-order valence-electron chi connectivity index (χ3n) is 9.97. The number of hydrogen-bond donors (Lipinski definition) is 1. The Bertz CT molecular complexity index is 1460. The van der Waals surface area contributed by atoms with E-state index in [0.29, 0.717) is 42.1 Å². The lowest BCUT2D eigenvalue weighted by atomic mass is 9.58. The van der Waals surface area contributed by atoms with E-state index in [1.165, 1.54) is 31.4 Å². The smallest absolute Gasteiger partial charge is 0.264 e. The number of benzene rings is 1. The number of nitrogens with zero attached hydrogens (tertiary/aromatic N) is 6. The van der Waals surface area contributed by atoms with Crippen LogP contribution in [0.3, 0.4) is 0 Å². The maximum absolute atomic E-state index is 14.5. The molecule has 7 rings (SSSR count). The average Bonchev–Trinajstić information content (AvgIpc) is 3.54. The number of anilines is 2. The van der Waals surface area contributed by atoms with Crippen molar-refractivity contribution in [2.75, 3.05) is 31.1 Å². The number of piperidine rings is 1. The maximum Gasteiger partial charge on any atom is 0.264 e. The Kier molecular flexibility index (Phi) is 6.64. The van der Waals surface area contributed by atoms with Gasteiger partial charge in [-0.25, -0.2) is 8.78 Å². The molecule has 41 heavy (non-hydrogen) atoms. The highest BCUT2D eigenvalue weighted by Crippen LogP contribution is 2.52. The Balaban J connectivity index is 1.25. The lowest BCUT2D eigenvalue weighted by Gasteiger charge is -2.50. The van der Waals surface area contributed by atoms with Gasteiger partial charge in [-0.1, -0.05) is 0 Å². The second-order valence-corrected chi connectivity index (χ2v) is 12.7. The molecule has 10 heteroatoms. The highest BCUT2D eigenvalue weighted by atomic mass is 19.3. The van der Waals surface area contributed by atoms with Gasteiger partial charge >= 0.3 is 0 Å². The minimum atomic E-state index is -2.61. The monoisotopic (exact) mass is 563 g/mol. The molecule has 5 heterocycles. The lowest BCUT2D eigenvalue weighted by Crippen LogP contribution is -2.46. The van der Waals surface area contributed by atoms with Crippen LogP contribution in [0.2, 0.25) is 0 Å².